The van der Waals surface area contributed by atoms with Crippen LogP contribution in [0.25, 0.3) is 10.9 Å². The molecule has 2 amide bonds. The van der Waals surface area contributed by atoms with Gasteiger partial charge >= 0.3 is 0 Å². The van der Waals surface area contributed by atoms with Crippen molar-refractivity contribution in [3.05, 3.63) is 36.0 Å². The van der Waals surface area contributed by atoms with Gasteiger partial charge in [-0.05, 0) is 12.1 Å². The molecule has 2 rings (SSSR count). The van der Waals surface area contributed by atoms with Crippen molar-refractivity contribution in [1.82, 2.24) is 15.2 Å². The molecule has 0 aliphatic heterocycles. The van der Waals surface area contributed by atoms with Gasteiger partial charge in [0.05, 0.1) is 0 Å². The van der Waals surface area contributed by atoms with Crippen LogP contribution in [0.3, 0.4) is 0 Å². The van der Waals surface area contributed by atoms with Crippen molar-refractivity contribution in [2.75, 3.05) is 26.8 Å². The first-order chi connectivity index (χ1) is 10.1. The van der Waals surface area contributed by atoms with E-state index in [-0.39, 0.29) is 18.4 Å². The van der Waals surface area contributed by atoms with E-state index in [0.29, 0.717) is 18.8 Å². The van der Waals surface area contributed by atoms with Gasteiger partial charge in [-0.1, -0.05) is 18.2 Å². The average Bonchev–Trinajstić information content (AvgIpc) is 2.81. The molecule has 0 radical (unpaired) electrons. The second-order valence-corrected chi connectivity index (χ2v) is 4.69. The Morgan fingerprint density at radius 1 is 1.19 bits per heavy atom. The Morgan fingerprint density at radius 3 is 2.62 bits per heavy atom. The minimum absolute atomic E-state index is 0.0249. The van der Waals surface area contributed by atoms with Crippen molar-refractivity contribution in [2.24, 2.45) is 7.05 Å². The maximum atomic E-state index is 12.1. The molecule has 2 N–H and O–H groups in total. The van der Waals surface area contributed by atoms with Crippen LogP contribution in [0.5, 0.6) is 0 Å². The van der Waals surface area contributed by atoms with E-state index >= 15 is 0 Å². The minimum Gasteiger partial charge on any atom is -0.375 e. The number of carbonyl (C=O) groups is 2. The zero-order chi connectivity index (χ0) is 15.2. The number of nitrogens with zero attached hydrogens (tertiary/aromatic N) is 1. The summed E-state index contributed by atoms with van der Waals surface area (Å²) >= 11 is 0. The van der Waals surface area contributed by atoms with E-state index in [1.54, 1.807) is 0 Å². The van der Waals surface area contributed by atoms with Crippen molar-refractivity contribution in [1.29, 1.82) is 0 Å². The third-order valence-corrected chi connectivity index (χ3v) is 3.19. The summed E-state index contributed by atoms with van der Waals surface area (Å²) in [6, 6.07) is 9.67. The van der Waals surface area contributed by atoms with Crippen molar-refractivity contribution in [3.63, 3.8) is 0 Å². The third-order valence-electron chi connectivity index (χ3n) is 3.19. The fourth-order valence-electron chi connectivity index (χ4n) is 2.16. The molecule has 0 fully saturated rings. The summed E-state index contributed by atoms with van der Waals surface area (Å²) in [6.07, 6.45) is 0. The van der Waals surface area contributed by atoms with Gasteiger partial charge in [0.25, 0.3) is 5.91 Å². The summed E-state index contributed by atoms with van der Waals surface area (Å²) < 4.78 is 6.55. The number of benzene rings is 1. The van der Waals surface area contributed by atoms with E-state index < -0.39 is 0 Å². The molecule has 6 nitrogen and oxygen atoms in total. The molecule has 0 saturated heterocycles. The molecule has 0 saturated carbocycles. The normalized spacial score (nSPS) is 10.6. The molecular formula is C15H19N3O3. The number of amides is 2. The minimum atomic E-state index is -0.198. The first-order valence-corrected chi connectivity index (χ1v) is 6.71. The van der Waals surface area contributed by atoms with E-state index in [1.807, 2.05) is 41.9 Å². The lowest BCUT2D eigenvalue weighted by Crippen LogP contribution is -2.36. The predicted molar refractivity (Wildman–Crippen MR) is 80.1 cm³/mol. The van der Waals surface area contributed by atoms with E-state index in [1.165, 1.54) is 7.11 Å². The SMILES string of the molecule is COCC(=O)NCCNC(=O)c1cc2ccccc2n1C. The summed E-state index contributed by atoms with van der Waals surface area (Å²) in [5, 5.41) is 6.46. The largest absolute Gasteiger partial charge is 0.375 e. The molecule has 1 aromatic heterocycles. The van der Waals surface area contributed by atoms with Crippen LogP contribution in [0.4, 0.5) is 0 Å². The highest BCUT2D eigenvalue weighted by atomic mass is 16.5. The predicted octanol–water partition coefficient (Wildman–Crippen LogP) is 0.671. The second-order valence-electron chi connectivity index (χ2n) is 4.69. The lowest BCUT2D eigenvalue weighted by molar-refractivity contribution is -0.124. The van der Waals surface area contributed by atoms with Gasteiger partial charge in [-0.25, -0.2) is 0 Å². The quantitative estimate of drug-likeness (QED) is 0.768. The fourth-order valence-corrected chi connectivity index (χ4v) is 2.16. The summed E-state index contributed by atoms with van der Waals surface area (Å²) in [4.78, 5) is 23.3. The third kappa shape index (κ3) is 3.61. The lowest BCUT2D eigenvalue weighted by atomic mass is 10.2. The van der Waals surface area contributed by atoms with Crippen molar-refractivity contribution in [3.8, 4) is 0 Å². The number of aryl methyl sites for hydroxylation is 1. The Bertz CT molecular complexity index is 649. The van der Waals surface area contributed by atoms with E-state index in [4.69, 9.17) is 4.74 Å². The van der Waals surface area contributed by atoms with Crippen molar-refractivity contribution < 1.29 is 14.3 Å². The van der Waals surface area contributed by atoms with Crippen LogP contribution in [0.15, 0.2) is 30.3 Å². The Kier molecular flexibility index (Phi) is 4.94. The molecule has 2 aromatic rings. The summed E-state index contributed by atoms with van der Waals surface area (Å²) in [5.74, 6) is -0.356. The standard InChI is InChI=1S/C15H19N3O3/c1-18-12-6-4-3-5-11(12)9-13(18)15(20)17-8-7-16-14(19)10-21-2/h3-6,9H,7-8,10H2,1-2H3,(H,16,19)(H,17,20). The van der Waals surface area contributed by atoms with Crippen molar-refractivity contribution in [2.45, 2.75) is 0 Å². The van der Waals surface area contributed by atoms with Crippen LogP contribution in [0.2, 0.25) is 0 Å². The maximum Gasteiger partial charge on any atom is 0.267 e. The van der Waals surface area contributed by atoms with Crippen LogP contribution >= 0.6 is 0 Å². The number of para-hydroxylation sites is 1. The lowest BCUT2D eigenvalue weighted by Gasteiger charge is -2.07. The van der Waals surface area contributed by atoms with Gasteiger partial charge in [0, 0.05) is 38.1 Å². The Balaban J connectivity index is 1.91. The van der Waals surface area contributed by atoms with Crippen LogP contribution in [-0.4, -0.2) is 43.2 Å². The molecule has 0 unspecified atom stereocenters. The number of carbonyl (C=O) groups excluding carboxylic acids is 2. The molecule has 1 aromatic carbocycles. The highest BCUT2D eigenvalue weighted by Gasteiger charge is 2.12. The zero-order valence-corrected chi connectivity index (χ0v) is 12.2. The average molecular weight is 289 g/mol. The monoisotopic (exact) mass is 289 g/mol. The van der Waals surface area contributed by atoms with Gasteiger partial charge < -0.3 is 19.9 Å². The van der Waals surface area contributed by atoms with Gasteiger partial charge in [0.1, 0.15) is 12.3 Å². The number of rotatable bonds is 6. The van der Waals surface area contributed by atoms with Gasteiger partial charge in [0.2, 0.25) is 5.91 Å². The Morgan fingerprint density at radius 2 is 1.90 bits per heavy atom. The maximum absolute atomic E-state index is 12.1. The topological polar surface area (TPSA) is 72.4 Å². The number of hydrogen-bond acceptors (Lipinski definition) is 3. The number of ether oxygens (including phenoxy) is 1. The molecule has 21 heavy (non-hydrogen) atoms. The van der Waals surface area contributed by atoms with Gasteiger partial charge in [-0.2, -0.15) is 0 Å². The van der Waals surface area contributed by atoms with Crippen LogP contribution < -0.4 is 10.6 Å². The molecule has 0 spiro atoms. The van der Waals surface area contributed by atoms with Crippen LogP contribution in [-0.2, 0) is 16.6 Å². The Labute approximate surface area is 123 Å². The zero-order valence-electron chi connectivity index (χ0n) is 12.2. The molecule has 0 aliphatic carbocycles. The first kappa shape index (κ1) is 15.1. The number of fused-ring (bicyclic) bond motifs is 1. The molecule has 0 atom stereocenters. The van der Waals surface area contributed by atoms with E-state index in [0.717, 1.165) is 10.9 Å². The summed E-state index contributed by atoms with van der Waals surface area (Å²) in [6.45, 7) is 0.769. The molecule has 6 heteroatoms. The van der Waals surface area contributed by atoms with Gasteiger partial charge in [-0.15, -0.1) is 0 Å². The number of nitrogens with one attached hydrogen (secondary N) is 2. The molecule has 112 valence electrons. The number of methoxy groups -OCH3 is 1. The van der Waals surface area contributed by atoms with Crippen LogP contribution in [0.1, 0.15) is 10.5 Å². The molecule has 0 bridgehead atoms. The van der Waals surface area contributed by atoms with Crippen LogP contribution in [0, 0.1) is 0 Å². The fraction of sp³-hybridized carbons (Fsp3) is 0.333. The smallest absolute Gasteiger partial charge is 0.267 e. The van der Waals surface area contributed by atoms with Gasteiger partial charge in [-0.3, -0.25) is 9.59 Å². The van der Waals surface area contributed by atoms with E-state index in [9.17, 15) is 9.59 Å². The molecular weight excluding hydrogens is 270 g/mol. The number of hydrogen-bond donors (Lipinski definition) is 2. The molecule has 0 aliphatic rings. The first-order valence-electron chi connectivity index (χ1n) is 6.71. The Hall–Kier alpha value is -2.34. The number of aromatic nitrogens is 1. The highest BCUT2D eigenvalue weighted by Crippen LogP contribution is 2.17. The van der Waals surface area contributed by atoms with E-state index in [2.05, 4.69) is 10.6 Å². The highest BCUT2D eigenvalue weighted by molar-refractivity contribution is 5.98. The van der Waals surface area contributed by atoms with Gasteiger partial charge in [0.15, 0.2) is 0 Å². The summed E-state index contributed by atoms with van der Waals surface area (Å²) in [7, 11) is 3.32. The van der Waals surface area contributed by atoms with Crippen molar-refractivity contribution >= 4 is 22.7 Å². The molecule has 1 heterocycles. The summed E-state index contributed by atoms with van der Waals surface area (Å²) in [5.41, 5.74) is 1.61. The second kappa shape index (κ2) is 6.90.